The summed E-state index contributed by atoms with van der Waals surface area (Å²) in [5.41, 5.74) is 1.35. The summed E-state index contributed by atoms with van der Waals surface area (Å²) in [5.74, 6) is 1.77. The topological polar surface area (TPSA) is 24.5 Å². The average molecular weight is 290 g/mol. The highest BCUT2D eigenvalue weighted by Gasteiger charge is 2.19. The van der Waals surface area contributed by atoms with Gasteiger partial charge in [0.2, 0.25) is 0 Å². The predicted molar refractivity (Wildman–Crippen MR) is 88.8 cm³/mol. The van der Waals surface area contributed by atoms with E-state index in [-0.39, 0.29) is 0 Å². The summed E-state index contributed by atoms with van der Waals surface area (Å²) in [5, 5.41) is 3.52. The molecule has 1 fully saturated rings. The van der Waals surface area contributed by atoms with E-state index in [0.717, 1.165) is 24.8 Å². The zero-order chi connectivity index (χ0) is 15.1. The van der Waals surface area contributed by atoms with Crippen LogP contribution in [0.2, 0.25) is 0 Å². The molecule has 21 heavy (non-hydrogen) atoms. The second kappa shape index (κ2) is 8.40. The molecule has 1 aromatic carbocycles. The molecule has 1 aliphatic heterocycles. The van der Waals surface area contributed by atoms with Crippen LogP contribution < -0.4 is 10.1 Å². The first kappa shape index (κ1) is 16.3. The zero-order valence-corrected chi connectivity index (χ0v) is 13.8. The fraction of sp³-hybridized carbons (Fsp3) is 0.667. The fourth-order valence-corrected chi connectivity index (χ4v) is 3.00. The van der Waals surface area contributed by atoms with Crippen molar-refractivity contribution >= 4 is 0 Å². The minimum atomic E-state index is 0.572. The zero-order valence-electron chi connectivity index (χ0n) is 13.8. The molecule has 1 N–H and O–H groups in total. The largest absolute Gasteiger partial charge is 0.494 e. The quantitative estimate of drug-likeness (QED) is 0.834. The Kier molecular flexibility index (Phi) is 6.52. The summed E-state index contributed by atoms with van der Waals surface area (Å²) >= 11 is 0. The Morgan fingerprint density at radius 2 is 2.24 bits per heavy atom. The van der Waals surface area contributed by atoms with E-state index in [2.05, 4.69) is 42.3 Å². The van der Waals surface area contributed by atoms with E-state index in [1.807, 2.05) is 13.0 Å². The van der Waals surface area contributed by atoms with Gasteiger partial charge < -0.3 is 10.1 Å². The molecule has 1 atom stereocenters. The highest BCUT2D eigenvalue weighted by molar-refractivity contribution is 5.28. The third kappa shape index (κ3) is 5.33. The molecule has 3 heteroatoms. The van der Waals surface area contributed by atoms with Crippen molar-refractivity contribution in [3.8, 4) is 5.75 Å². The van der Waals surface area contributed by atoms with Crippen molar-refractivity contribution in [2.45, 2.75) is 46.2 Å². The van der Waals surface area contributed by atoms with Gasteiger partial charge >= 0.3 is 0 Å². The summed E-state index contributed by atoms with van der Waals surface area (Å²) in [6.45, 7) is 11.9. The summed E-state index contributed by atoms with van der Waals surface area (Å²) in [4.78, 5) is 2.59. The number of ether oxygens (including phenoxy) is 1. The van der Waals surface area contributed by atoms with Gasteiger partial charge in [-0.1, -0.05) is 12.1 Å². The van der Waals surface area contributed by atoms with Crippen molar-refractivity contribution in [3.05, 3.63) is 29.8 Å². The lowest BCUT2D eigenvalue weighted by molar-refractivity contribution is 0.163. The lowest BCUT2D eigenvalue weighted by Crippen LogP contribution is -2.40. The molecule has 1 aromatic rings. The SMILES string of the molecule is CCOc1cccc(CN(CC2CCCNC2)C(C)C)c1. The Balaban J connectivity index is 1.96. The molecule has 0 saturated carbocycles. The normalized spacial score (nSPS) is 19.2. The molecule has 1 heterocycles. The summed E-state index contributed by atoms with van der Waals surface area (Å²) in [6.07, 6.45) is 2.67. The highest BCUT2D eigenvalue weighted by Crippen LogP contribution is 2.19. The molecule has 0 aliphatic carbocycles. The van der Waals surface area contributed by atoms with Crippen molar-refractivity contribution in [3.63, 3.8) is 0 Å². The van der Waals surface area contributed by atoms with E-state index in [0.29, 0.717) is 6.04 Å². The van der Waals surface area contributed by atoms with Crippen LogP contribution in [0.3, 0.4) is 0 Å². The minimum absolute atomic E-state index is 0.572. The molecule has 0 aromatic heterocycles. The van der Waals surface area contributed by atoms with Crippen LogP contribution in [0.4, 0.5) is 0 Å². The van der Waals surface area contributed by atoms with E-state index in [1.165, 1.54) is 38.0 Å². The van der Waals surface area contributed by atoms with Gasteiger partial charge in [0.15, 0.2) is 0 Å². The van der Waals surface area contributed by atoms with Gasteiger partial charge in [-0.05, 0) is 70.3 Å². The van der Waals surface area contributed by atoms with Crippen LogP contribution in [0.1, 0.15) is 39.2 Å². The summed E-state index contributed by atoms with van der Waals surface area (Å²) < 4.78 is 5.61. The van der Waals surface area contributed by atoms with Gasteiger partial charge in [-0.3, -0.25) is 4.90 Å². The highest BCUT2D eigenvalue weighted by atomic mass is 16.5. The molecule has 1 aliphatic rings. The Hall–Kier alpha value is -1.06. The minimum Gasteiger partial charge on any atom is -0.494 e. The number of nitrogens with zero attached hydrogens (tertiary/aromatic N) is 1. The van der Waals surface area contributed by atoms with E-state index in [9.17, 15) is 0 Å². The molecule has 0 spiro atoms. The standard InChI is InChI=1S/C18H30N2O/c1-4-21-18-9-5-7-16(11-18)13-20(15(2)3)14-17-8-6-10-19-12-17/h5,7,9,11,15,17,19H,4,6,8,10,12-14H2,1-3H3. The second-order valence-corrected chi connectivity index (χ2v) is 6.32. The van der Waals surface area contributed by atoms with Crippen LogP contribution >= 0.6 is 0 Å². The molecular weight excluding hydrogens is 260 g/mol. The van der Waals surface area contributed by atoms with Crippen LogP contribution in [0, 0.1) is 5.92 Å². The first-order valence-electron chi connectivity index (χ1n) is 8.35. The van der Waals surface area contributed by atoms with Crippen LogP contribution in [0.25, 0.3) is 0 Å². The van der Waals surface area contributed by atoms with E-state index in [4.69, 9.17) is 4.74 Å². The van der Waals surface area contributed by atoms with Gasteiger partial charge in [-0.25, -0.2) is 0 Å². The number of benzene rings is 1. The number of piperidine rings is 1. The first-order valence-corrected chi connectivity index (χ1v) is 8.35. The lowest BCUT2D eigenvalue weighted by Gasteiger charge is -2.33. The fourth-order valence-electron chi connectivity index (χ4n) is 3.00. The maximum atomic E-state index is 5.61. The molecule has 0 bridgehead atoms. The Morgan fingerprint density at radius 1 is 1.38 bits per heavy atom. The predicted octanol–water partition coefficient (Wildman–Crippen LogP) is 3.30. The maximum absolute atomic E-state index is 5.61. The van der Waals surface area contributed by atoms with E-state index >= 15 is 0 Å². The van der Waals surface area contributed by atoms with Crippen molar-refractivity contribution < 1.29 is 4.74 Å². The van der Waals surface area contributed by atoms with Crippen molar-refractivity contribution in [1.29, 1.82) is 0 Å². The van der Waals surface area contributed by atoms with Gasteiger partial charge in [0.1, 0.15) is 5.75 Å². The summed E-state index contributed by atoms with van der Waals surface area (Å²) in [7, 11) is 0. The number of hydrogen-bond donors (Lipinski definition) is 1. The molecule has 3 nitrogen and oxygen atoms in total. The van der Waals surface area contributed by atoms with Gasteiger partial charge in [-0.15, -0.1) is 0 Å². The van der Waals surface area contributed by atoms with Crippen LogP contribution in [-0.2, 0) is 6.54 Å². The van der Waals surface area contributed by atoms with Gasteiger partial charge in [0.25, 0.3) is 0 Å². The Labute approximate surface area is 129 Å². The average Bonchev–Trinajstić information content (AvgIpc) is 2.48. The van der Waals surface area contributed by atoms with E-state index < -0.39 is 0 Å². The van der Waals surface area contributed by atoms with Crippen molar-refractivity contribution in [2.75, 3.05) is 26.2 Å². The van der Waals surface area contributed by atoms with Crippen LogP contribution in [-0.4, -0.2) is 37.2 Å². The number of rotatable bonds is 7. The van der Waals surface area contributed by atoms with E-state index in [1.54, 1.807) is 0 Å². The van der Waals surface area contributed by atoms with Gasteiger partial charge in [-0.2, -0.15) is 0 Å². The molecule has 1 saturated heterocycles. The molecule has 0 radical (unpaired) electrons. The molecular formula is C18H30N2O. The van der Waals surface area contributed by atoms with Gasteiger partial charge in [0.05, 0.1) is 6.61 Å². The molecule has 118 valence electrons. The Morgan fingerprint density at radius 3 is 2.90 bits per heavy atom. The third-order valence-corrected chi connectivity index (χ3v) is 4.22. The van der Waals surface area contributed by atoms with Gasteiger partial charge in [0, 0.05) is 19.1 Å². The lowest BCUT2D eigenvalue weighted by atomic mass is 9.98. The first-order chi connectivity index (χ1) is 10.2. The third-order valence-electron chi connectivity index (χ3n) is 4.22. The molecule has 2 rings (SSSR count). The van der Waals surface area contributed by atoms with Crippen LogP contribution in [0.5, 0.6) is 5.75 Å². The molecule has 0 amide bonds. The van der Waals surface area contributed by atoms with Crippen molar-refractivity contribution in [2.24, 2.45) is 5.92 Å². The summed E-state index contributed by atoms with van der Waals surface area (Å²) in [6, 6.07) is 9.09. The number of nitrogens with one attached hydrogen (secondary N) is 1. The second-order valence-electron chi connectivity index (χ2n) is 6.32. The molecule has 1 unspecified atom stereocenters. The monoisotopic (exact) mass is 290 g/mol. The smallest absolute Gasteiger partial charge is 0.119 e. The Bertz CT molecular complexity index is 413. The number of hydrogen-bond acceptors (Lipinski definition) is 3. The van der Waals surface area contributed by atoms with Crippen molar-refractivity contribution in [1.82, 2.24) is 10.2 Å². The van der Waals surface area contributed by atoms with Crippen LogP contribution in [0.15, 0.2) is 24.3 Å². The maximum Gasteiger partial charge on any atom is 0.119 e.